The predicted octanol–water partition coefficient (Wildman–Crippen LogP) is 2.49. The highest BCUT2D eigenvalue weighted by molar-refractivity contribution is 7.19. The molecule has 0 atom stereocenters. The summed E-state index contributed by atoms with van der Waals surface area (Å²) < 4.78 is 5.50. The molecule has 130 valence electrons. The van der Waals surface area contributed by atoms with Crippen LogP contribution in [0, 0.1) is 12.8 Å². The molecule has 0 N–H and O–H groups in total. The zero-order chi connectivity index (χ0) is 17.7. The van der Waals surface area contributed by atoms with Crippen molar-refractivity contribution in [2.75, 3.05) is 0 Å². The van der Waals surface area contributed by atoms with Crippen LogP contribution in [0.25, 0.3) is 27.2 Å². The fourth-order valence-corrected chi connectivity index (χ4v) is 3.71. The average molecular weight is 356 g/mol. The molecule has 8 nitrogen and oxygen atoms in total. The molecular weight excluding hydrogens is 336 g/mol. The van der Waals surface area contributed by atoms with Gasteiger partial charge in [0.15, 0.2) is 5.01 Å². The second-order valence-corrected chi connectivity index (χ2v) is 7.62. The molecule has 25 heavy (non-hydrogen) atoms. The van der Waals surface area contributed by atoms with E-state index in [0.29, 0.717) is 11.7 Å². The fraction of sp³-hybridized carbons (Fsp3) is 0.438. The lowest BCUT2D eigenvalue weighted by molar-refractivity contribution is 0.596. The number of hydrogen-bond acceptors (Lipinski definition) is 6. The molecule has 0 aromatic carbocycles. The van der Waals surface area contributed by atoms with Gasteiger partial charge in [0.25, 0.3) is 0 Å². The number of aryl methyl sites for hydroxylation is 3. The lowest BCUT2D eigenvalue weighted by Gasteiger charge is -2.03. The van der Waals surface area contributed by atoms with E-state index in [2.05, 4.69) is 40.3 Å². The summed E-state index contributed by atoms with van der Waals surface area (Å²) in [7, 11) is 3.87. The summed E-state index contributed by atoms with van der Waals surface area (Å²) in [4.78, 5) is 0.750. The minimum absolute atomic E-state index is 0.584. The Bertz CT molecular complexity index is 1050. The Hall–Kier alpha value is -2.55. The van der Waals surface area contributed by atoms with E-state index >= 15 is 0 Å². The highest BCUT2D eigenvalue weighted by atomic mass is 32.1. The summed E-state index contributed by atoms with van der Waals surface area (Å²) in [6, 6.07) is 4.09. The van der Waals surface area contributed by atoms with Crippen LogP contribution in [0.15, 0.2) is 12.1 Å². The molecule has 0 radical (unpaired) electrons. The van der Waals surface area contributed by atoms with Gasteiger partial charge in [-0.05, 0) is 31.4 Å². The first-order valence-corrected chi connectivity index (χ1v) is 9.00. The van der Waals surface area contributed by atoms with Crippen molar-refractivity contribution in [2.45, 2.75) is 27.2 Å². The zero-order valence-corrected chi connectivity index (χ0v) is 15.7. The molecule has 0 aliphatic heterocycles. The number of rotatable bonds is 4. The summed E-state index contributed by atoms with van der Waals surface area (Å²) in [5.41, 5.74) is 3.91. The first kappa shape index (κ1) is 15.9. The van der Waals surface area contributed by atoms with Gasteiger partial charge < -0.3 is 0 Å². The average Bonchev–Trinajstić information content (AvgIpc) is 3.24. The SMILES string of the molecule is Cc1cc(-c2nnc3sc(-c4cc(CC(C)C)n(C)n4)nn23)n(C)n1. The maximum Gasteiger partial charge on any atom is 0.235 e. The van der Waals surface area contributed by atoms with Crippen molar-refractivity contribution < 1.29 is 0 Å². The highest BCUT2D eigenvalue weighted by Crippen LogP contribution is 2.28. The normalized spacial score (nSPS) is 11.9. The van der Waals surface area contributed by atoms with Gasteiger partial charge in [0.05, 0.1) is 5.69 Å². The number of hydrogen-bond donors (Lipinski definition) is 0. The van der Waals surface area contributed by atoms with Gasteiger partial charge in [-0.1, -0.05) is 25.2 Å². The Kier molecular flexibility index (Phi) is 3.68. The lowest BCUT2D eigenvalue weighted by Crippen LogP contribution is -2.02. The minimum Gasteiger partial charge on any atom is -0.272 e. The van der Waals surface area contributed by atoms with Crippen molar-refractivity contribution in [3.05, 3.63) is 23.5 Å². The number of nitrogens with zero attached hydrogens (tertiary/aromatic N) is 8. The Morgan fingerprint density at radius 1 is 1.04 bits per heavy atom. The third-order valence-electron chi connectivity index (χ3n) is 4.04. The summed E-state index contributed by atoms with van der Waals surface area (Å²) in [5, 5.41) is 23.1. The van der Waals surface area contributed by atoms with Gasteiger partial charge >= 0.3 is 0 Å². The van der Waals surface area contributed by atoms with Crippen LogP contribution in [-0.4, -0.2) is 39.4 Å². The van der Waals surface area contributed by atoms with Crippen molar-refractivity contribution >= 4 is 16.3 Å². The molecule has 4 aromatic heterocycles. The van der Waals surface area contributed by atoms with E-state index in [-0.39, 0.29) is 0 Å². The molecule has 4 heterocycles. The van der Waals surface area contributed by atoms with Gasteiger partial charge in [-0.3, -0.25) is 9.36 Å². The van der Waals surface area contributed by atoms with Crippen LogP contribution >= 0.6 is 11.3 Å². The van der Waals surface area contributed by atoms with Gasteiger partial charge in [-0.2, -0.15) is 19.8 Å². The van der Waals surface area contributed by atoms with Crippen molar-refractivity contribution in [3.8, 4) is 22.2 Å². The summed E-state index contributed by atoms with van der Waals surface area (Å²) >= 11 is 1.49. The van der Waals surface area contributed by atoms with Crippen molar-refractivity contribution in [2.24, 2.45) is 20.0 Å². The molecule has 0 aliphatic carbocycles. The monoisotopic (exact) mass is 356 g/mol. The topological polar surface area (TPSA) is 78.7 Å². The summed E-state index contributed by atoms with van der Waals surface area (Å²) in [5.74, 6) is 1.28. The minimum atomic E-state index is 0.584. The van der Waals surface area contributed by atoms with Crippen molar-refractivity contribution in [1.29, 1.82) is 0 Å². The molecule has 0 bridgehead atoms. The molecule has 9 heteroatoms. The first-order chi connectivity index (χ1) is 11.9. The molecule has 0 saturated heterocycles. The Morgan fingerprint density at radius 2 is 1.84 bits per heavy atom. The maximum absolute atomic E-state index is 4.70. The molecule has 0 spiro atoms. The Balaban J connectivity index is 1.77. The molecule has 0 fully saturated rings. The van der Waals surface area contributed by atoms with E-state index < -0.39 is 0 Å². The van der Waals surface area contributed by atoms with Crippen LogP contribution < -0.4 is 0 Å². The fourth-order valence-electron chi connectivity index (χ4n) is 2.92. The maximum atomic E-state index is 4.70. The smallest absolute Gasteiger partial charge is 0.235 e. The molecule has 0 saturated carbocycles. The first-order valence-electron chi connectivity index (χ1n) is 8.19. The lowest BCUT2D eigenvalue weighted by atomic mass is 10.1. The Labute approximate surface area is 149 Å². The second-order valence-electron chi connectivity index (χ2n) is 6.66. The molecule has 4 rings (SSSR count). The second kappa shape index (κ2) is 5.76. The summed E-state index contributed by atoms with van der Waals surface area (Å²) in [6.07, 6.45) is 0.993. The molecule has 0 aliphatic rings. The van der Waals surface area contributed by atoms with E-state index in [1.165, 1.54) is 17.0 Å². The van der Waals surface area contributed by atoms with E-state index in [0.717, 1.165) is 33.5 Å². The number of fused-ring (bicyclic) bond motifs is 1. The molecule has 0 amide bonds. The zero-order valence-electron chi connectivity index (χ0n) is 14.9. The van der Waals surface area contributed by atoms with E-state index in [4.69, 9.17) is 5.10 Å². The third-order valence-corrected chi connectivity index (χ3v) is 4.96. The quantitative estimate of drug-likeness (QED) is 0.561. The van der Waals surface area contributed by atoms with Crippen LogP contribution in [0.2, 0.25) is 0 Å². The summed E-state index contributed by atoms with van der Waals surface area (Å²) in [6.45, 7) is 6.37. The molecular formula is C16H20N8S. The predicted molar refractivity (Wildman–Crippen MR) is 96.3 cm³/mol. The van der Waals surface area contributed by atoms with Crippen molar-refractivity contribution in [3.63, 3.8) is 0 Å². The van der Waals surface area contributed by atoms with Gasteiger partial charge in [-0.15, -0.1) is 10.2 Å². The van der Waals surface area contributed by atoms with Crippen LogP contribution in [-0.2, 0) is 20.5 Å². The van der Waals surface area contributed by atoms with Gasteiger partial charge in [0, 0.05) is 19.8 Å². The van der Waals surface area contributed by atoms with E-state index in [1.54, 1.807) is 9.20 Å². The van der Waals surface area contributed by atoms with Gasteiger partial charge in [0.1, 0.15) is 11.4 Å². The van der Waals surface area contributed by atoms with Gasteiger partial charge in [0.2, 0.25) is 10.8 Å². The van der Waals surface area contributed by atoms with E-state index in [9.17, 15) is 0 Å². The highest BCUT2D eigenvalue weighted by Gasteiger charge is 2.19. The third kappa shape index (κ3) is 2.74. The van der Waals surface area contributed by atoms with Crippen LogP contribution in [0.1, 0.15) is 25.2 Å². The van der Waals surface area contributed by atoms with Crippen molar-refractivity contribution in [1.82, 2.24) is 39.4 Å². The molecule has 4 aromatic rings. The van der Waals surface area contributed by atoms with Crippen LogP contribution in [0.5, 0.6) is 0 Å². The van der Waals surface area contributed by atoms with Crippen LogP contribution in [0.4, 0.5) is 0 Å². The van der Waals surface area contributed by atoms with E-state index in [1.807, 2.05) is 31.8 Å². The van der Waals surface area contributed by atoms with Crippen LogP contribution in [0.3, 0.4) is 0 Å². The standard InChI is InChI=1S/C16H20N8S/c1-9(2)6-11-8-12(20-22(11)4)15-21-24-14(17-18-16(24)25-15)13-7-10(3)19-23(13)5/h7-9H,6H2,1-5H3. The largest absolute Gasteiger partial charge is 0.272 e. The Morgan fingerprint density at radius 3 is 2.52 bits per heavy atom. The number of aromatic nitrogens is 8. The van der Waals surface area contributed by atoms with Gasteiger partial charge in [-0.25, -0.2) is 0 Å². The molecule has 0 unspecified atom stereocenters.